The third kappa shape index (κ3) is 3.74. The zero-order valence-corrected chi connectivity index (χ0v) is 16.3. The first-order valence-electron chi connectivity index (χ1n) is 8.34. The summed E-state index contributed by atoms with van der Waals surface area (Å²) in [5.74, 6) is 0.714. The third-order valence-corrected chi connectivity index (χ3v) is 5.10. The lowest BCUT2D eigenvalue weighted by molar-refractivity contribution is 0.868. The lowest BCUT2D eigenvalue weighted by Crippen LogP contribution is -2.00. The Morgan fingerprint density at radius 2 is 1.64 bits per heavy atom. The molecule has 2 aromatic heterocycles. The maximum Gasteiger partial charge on any atom is 0.202 e. The van der Waals surface area contributed by atoms with Crippen LogP contribution in [0.15, 0.2) is 70.8 Å². The van der Waals surface area contributed by atoms with Gasteiger partial charge in [-0.25, -0.2) is 0 Å². The normalized spacial score (nSPS) is 10.6. The van der Waals surface area contributed by atoms with Crippen molar-refractivity contribution in [2.75, 3.05) is 0 Å². The molecule has 0 saturated heterocycles. The van der Waals surface area contributed by atoms with Crippen molar-refractivity contribution in [1.82, 2.24) is 25.0 Å². The molecule has 0 N–H and O–H groups in total. The van der Waals surface area contributed by atoms with Crippen LogP contribution in [0.2, 0.25) is 5.02 Å². The first kappa shape index (κ1) is 18.2. The summed E-state index contributed by atoms with van der Waals surface area (Å²) in [5, 5.41) is 27.5. The topological polar surface area (TPSA) is 80.3 Å². The van der Waals surface area contributed by atoms with Crippen LogP contribution in [0.1, 0.15) is 11.3 Å². The minimum atomic E-state index is 0.267. The number of benzene rings is 2. The first-order chi connectivity index (χ1) is 13.6. The highest BCUT2D eigenvalue weighted by atomic mass is 35.5. The molecule has 0 amide bonds. The standard InChI is InChI=1S/C20H13ClN6S/c1-13-2-4-14(5-3-13)19-25-26-20(27(19)17-9-6-15(21)7-10-17)28-18-11-8-16(12-22)23-24-18/h2-11H,1H3. The van der Waals surface area contributed by atoms with Gasteiger partial charge in [0.25, 0.3) is 0 Å². The molecular weight excluding hydrogens is 392 g/mol. The van der Waals surface area contributed by atoms with Gasteiger partial charge in [0.2, 0.25) is 5.16 Å². The van der Waals surface area contributed by atoms with Crippen molar-refractivity contribution in [1.29, 1.82) is 5.26 Å². The van der Waals surface area contributed by atoms with E-state index in [9.17, 15) is 0 Å². The second-order valence-electron chi connectivity index (χ2n) is 5.95. The SMILES string of the molecule is Cc1ccc(-c2nnc(Sc3ccc(C#N)nn3)n2-c2ccc(Cl)cc2)cc1. The lowest BCUT2D eigenvalue weighted by atomic mass is 10.1. The van der Waals surface area contributed by atoms with Gasteiger partial charge in [-0.2, -0.15) is 5.26 Å². The Morgan fingerprint density at radius 3 is 2.29 bits per heavy atom. The van der Waals surface area contributed by atoms with E-state index in [4.69, 9.17) is 16.9 Å². The van der Waals surface area contributed by atoms with E-state index in [0.717, 1.165) is 11.3 Å². The Hall–Kier alpha value is -3.21. The molecule has 0 aliphatic rings. The molecule has 2 heterocycles. The van der Waals surface area contributed by atoms with E-state index >= 15 is 0 Å². The molecule has 0 aliphatic heterocycles. The van der Waals surface area contributed by atoms with Crippen LogP contribution in [0, 0.1) is 18.3 Å². The summed E-state index contributed by atoms with van der Waals surface area (Å²) in [7, 11) is 0. The molecule has 0 radical (unpaired) electrons. The predicted molar refractivity (Wildman–Crippen MR) is 107 cm³/mol. The number of nitrogens with zero attached hydrogens (tertiary/aromatic N) is 6. The van der Waals surface area contributed by atoms with E-state index in [2.05, 4.69) is 20.4 Å². The average molecular weight is 405 g/mol. The second-order valence-corrected chi connectivity index (χ2v) is 7.38. The van der Waals surface area contributed by atoms with Gasteiger partial charge in [0.1, 0.15) is 11.1 Å². The summed E-state index contributed by atoms with van der Waals surface area (Å²) in [6, 6.07) is 20.9. The van der Waals surface area contributed by atoms with Gasteiger partial charge in [0, 0.05) is 16.3 Å². The van der Waals surface area contributed by atoms with Gasteiger partial charge in [-0.15, -0.1) is 20.4 Å². The van der Waals surface area contributed by atoms with Crippen molar-refractivity contribution in [2.24, 2.45) is 0 Å². The summed E-state index contributed by atoms with van der Waals surface area (Å²) in [6.07, 6.45) is 0. The van der Waals surface area contributed by atoms with E-state index in [-0.39, 0.29) is 5.69 Å². The number of hydrogen-bond donors (Lipinski definition) is 0. The van der Waals surface area contributed by atoms with Gasteiger partial charge in [0.15, 0.2) is 11.5 Å². The van der Waals surface area contributed by atoms with Crippen LogP contribution in [0.5, 0.6) is 0 Å². The number of rotatable bonds is 4. The fourth-order valence-electron chi connectivity index (χ4n) is 2.58. The Bertz CT molecular complexity index is 1150. The number of aromatic nitrogens is 5. The maximum atomic E-state index is 8.89. The first-order valence-corrected chi connectivity index (χ1v) is 9.53. The Balaban J connectivity index is 1.80. The van der Waals surface area contributed by atoms with Gasteiger partial charge in [-0.3, -0.25) is 4.57 Å². The molecule has 0 fully saturated rings. The highest BCUT2D eigenvalue weighted by Crippen LogP contribution is 2.31. The van der Waals surface area contributed by atoms with Crippen LogP contribution in [-0.4, -0.2) is 25.0 Å². The largest absolute Gasteiger partial charge is 0.270 e. The molecule has 0 saturated carbocycles. The molecule has 2 aromatic carbocycles. The minimum Gasteiger partial charge on any atom is -0.270 e. The second kappa shape index (κ2) is 7.80. The summed E-state index contributed by atoms with van der Waals surface area (Å²) < 4.78 is 1.95. The molecule has 0 bridgehead atoms. The summed E-state index contributed by atoms with van der Waals surface area (Å²) in [6.45, 7) is 2.04. The maximum absolute atomic E-state index is 8.89. The molecule has 8 heteroatoms. The van der Waals surface area contributed by atoms with Gasteiger partial charge in [0.05, 0.1) is 0 Å². The zero-order valence-electron chi connectivity index (χ0n) is 14.7. The highest BCUT2D eigenvalue weighted by Gasteiger charge is 2.17. The minimum absolute atomic E-state index is 0.267. The molecule has 0 atom stereocenters. The number of hydrogen-bond acceptors (Lipinski definition) is 6. The van der Waals surface area contributed by atoms with E-state index in [1.165, 1.54) is 17.3 Å². The molecule has 4 rings (SSSR count). The highest BCUT2D eigenvalue weighted by molar-refractivity contribution is 7.99. The molecule has 0 aliphatic carbocycles. The van der Waals surface area contributed by atoms with Crippen LogP contribution < -0.4 is 0 Å². The van der Waals surface area contributed by atoms with E-state index in [1.54, 1.807) is 12.1 Å². The van der Waals surface area contributed by atoms with Crippen molar-refractivity contribution in [3.8, 4) is 23.1 Å². The Kier molecular flexibility index (Phi) is 5.06. The van der Waals surface area contributed by atoms with Crippen molar-refractivity contribution in [3.63, 3.8) is 0 Å². The Labute approximate surface area is 170 Å². The van der Waals surface area contributed by atoms with Crippen LogP contribution in [-0.2, 0) is 0 Å². The molecule has 0 spiro atoms. The van der Waals surface area contributed by atoms with E-state index in [0.29, 0.717) is 21.0 Å². The molecule has 4 aromatic rings. The van der Waals surface area contributed by atoms with E-state index < -0.39 is 0 Å². The fourth-order valence-corrected chi connectivity index (χ4v) is 3.47. The Morgan fingerprint density at radius 1 is 0.893 bits per heavy atom. The van der Waals surface area contributed by atoms with Gasteiger partial charge in [-0.05, 0) is 55.1 Å². The summed E-state index contributed by atoms with van der Waals surface area (Å²) >= 11 is 7.38. The summed E-state index contributed by atoms with van der Waals surface area (Å²) in [5.41, 5.74) is 3.27. The molecule has 136 valence electrons. The zero-order chi connectivity index (χ0) is 19.5. The number of aryl methyl sites for hydroxylation is 1. The molecule has 0 unspecified atom stereocenters. The van der Waals surface area contributed by atoms with Gasteiger partial charge >= 0.3 is 0 Å². The van der Waals surface area contributed by atoms with Crippen LogP contribution >= 0.6 is 23.4 Å². The quantitative estimate of drug-likeness (QED) is 0.490. The third-order valence-electron chi connectivity index (χ3n) is 3.98. The summed E-state index contributed by atoms with van der Waals surface area (Å²) in [4.78, 5) is 0. The molecular formula is C20H13ClN6S. The fraction of sp³-hybridized carbons (Fsp3) is 0.0500. The smallest absolute Gasteiger partial charge is 0.202 e. The molecule has 28 heavy (non-hydrogen) atoms. The van der Waals surface area contributed by atoms with Crippen molar-refractivity contribution in [2.45, 2.75) is 17.1 Å². The van der Waals surface area contributed by atoms with Crippen molar-refractivity contribution >= 4 is 23.4 Å². The van der Waals surface area contributed by atoms with Crippen LogP contribution in [0.25, 0.3) is 17.1 Å². The number of halogens is 1. The van der Waals surface area contributed by atoms with Crippen LogP contribution in [0.3, 0.4) is 0 Å². The van der Waals surface area contributed by atoms with Gasteiger partial charge in [-0.1, -0.05) is 41.4 Å². The van der Waals surface area contributed by atoms with Gasteiger partial charge < -0.3 is 0 Å². The van der Waals surface area contributed by atoms with Crippen LogP contribution in [0.4, 0.5) is 0 Å². The number of nitriles is 1. The molecule has 6 nitrogen and oxygen atoms in total. The van der Waals surface area contributed by atoms with Crippen molar-refractivity contribution < 1.29 is 0 Å². The monoisotopic (exact) mass is 404 g/mol. The predicted octanol–water partition coefficient (Wildman–Crippen LogP) is 4.71. The van der Waals surface area contributed by atoms with E-state index in [1.807, 2.05) is 66.1 Å². The van der Waals surface area contributed by atoms with Crippen molar-refractivity contribution in [3.05, 3.63) is 76.9 Å². The lowest BCUT2D eigenvalue weighted by Gasteiger charge is -2.10. The average Bonchev–Trinajstić information content (AvgIpc) is 3.13.